The predicted molar refractivity (Wildman–Crippen MR) is 62.9 cm³/mol. The van der Waals surface area contributed by atoms with Crippen molar-refractivity contribution in [2.24, 2.45) is 11.8 Å². The second-order valence-electron chi connectivity index (χ2n) is 4.49. The van der Waals surface area contributed by atoms with E-state index in [0.717, 1.165) is 0 Å². The van der Waals surface area contributed by atoms with Gasteiger partial charge >= 0.3 is 0 Å². The van der Waals surface area contributed by atoms with Crippen molar-refractivity contribution in [2.75, 3.05) is 5.73 Å². The summed E-state index contributed by atoms with van der Waals surface area (Å²) in [4.78, 5) is 35.9. The van der Waals surface area contributed by atoms with Crippen LogP contribution < -0.4 is 5.73 Å². The van der Waals surface area contributed by atoms with Gasteiger partial charge < -0.3 is 5.73 Å². The van der Waals surface area contributed by atoms with Crippen molar-refractivity contribution in [1.29, 1.82) is 0 Å². The number of ketones is 3. The summed E-state index contributed by atoms with van der Waals surface area (Å²) in [7, 11) is 0. The Kier molecular flexibility index (Phi) is 2.58. The molecule has 1 aliphatic rings. The van der Waals surface area contributed by atoms with E-state index in [1.165, 1.54) is 0 Å². The van der Waals surface area contributed by atoms with Gasteiger partial charge in [-0.3, -0.25) is 14.4 Å². The third kappa shape index (κ3) is 1.56. The molecule has 0 aromatic heterocycles. The molecule has 4 nitrogen and oxygen atoms in total. The summed E-state index contributed by atoms with van der Waals surface area (Å²) < 4.78 is 0. The lowest BCUT2D eigenvalue weighted by Crippen LogP contribution is -2.29. The monoisotopic (exact) mass is 231 g/mol. The lowest BCUT2D eigenvalue weighted by molar-refractivity contribution is -0.123. The first-order chi connectivity index (χ1) is 7.95. The molecule has 0 saturated carbocycles. The van der Waals surface area contributed by atoms with Crippen LogP contribution in [0.2, 0.25) is 0 Å². The van der Waals surface area contributed by atoms with E-state index < -0.39 is 17.5 Å². The number of anilines is 1. The van der Waals surface area contributed by atoms with Crippen LogP contribution in [0.5, 0.6) is 0 Å². The molecule has 0 fully saturated rings. The normalized spacial score (nSPS) is 18.6. The third-order valence-corrected chi connectivity index (χ3v) is 2.99. The Bertz CT molecular complexity index is 531. The fourth-order valence-electron chi connectivity index (χ4n) is 2.06. The van der Waals surface area contributed by atoms with Crippen LogP contribution in [0.3, 0.4) is 0 Å². The predicted octanol–water partition coefficient (Wildman–Crippen LogP) is 1.49. The number of fused-ring (bicyclic) bond motifs is 1. The van der Waals surface area contributed by atoms with Gasteiger partial charge in [-0.15, -0.1) is 0 Å². The summed E-state index contributed by atoms with van der Waals surface area (Å²) in [5.41, 5.74) is 6.42. The number of Topliss-reactive ketones (excluding diaryl/α,β-unsaturated/α-hetero) is 3. The minimum absolute atomic E-state index is 0.205. The van der Waals surface area contributed by atoms with Gasteiger partial charge in [0.1, 0.15) is 5.92 Å². The standard InChI is InChI=1S/C13H13NO3/c1-6(2)11(15)10-12(16)7-4-3-5-8(14)9(7)13(10)17/h3-6,10H,14H2,1-2H3. The molecular formula is C13H13NO3. The van der Waals surface area contributed by atoms with Crippen LogP contribution in [0, 0.1) is 11.8 Å². The average Bonchev–Trinajstić information content (AvgIpc) is 2.52. The van der Waals surface area contributed by atoms with Gasteiger partial charge in [-0.2, -0.15) is 0 Å². The number of nitrogen functional groups attached to an aromatic ring is 1. The van der Waals surface area contributed by atoms with Crippen LogP contribution in [0.4, 0.5) is 5.69 Å². The molecule has 0 heterocycles. The van der Waals surface area contributed by atoms with E-state index >= 15 is 0 Å². The van der Waals surface area contributed by atoms with Gasteiger partial charge in [0.25, 0.3) is 0 Å². The highest BCUT2D eigenvalue weighted by molar-refractivity contribution is 6.37. The Morgan fingerprint density at radius 3 is 2.41 bits per heavy atom. The lowest BCUT2D eigenvalue weighted by atomic mass is 9.91. The Morgan fingerprint density at radius 1 is 1.24 bits per heavy atom. The first-order valence-electron chi connectivity index (χ1n) is 5.45. The number of carbonyl (C=O) groups is 3. The van der Waals surface area contributed by atoms with E-state index in [1.54, 1.807) is 32.0 Å². The van der Waals surface area contributed by atoms with E-state index in [9.17, 15) is 14.4 Å². The average molecular weight is 231 g/mol. The van der Waals surface area contributed by atoms with E-state index in [2.05, 4.69) is 0 Å². The first-order valence-corrected chi connectivity index (χ1v) is 5.45. The summed E-state index contributed by atoms with van der Waals surface area (Å²) in [5, 5.41) is 0. The lowest BCUT2D eigenvalue weighted by Gasteiger charge is -2.08. The molecule has 17 heavy (non-hydrogen) atoms. The van der Waals surface area contributed by atoms with Crippen molar-refractivity contribution in [3.8, 4) is 0 Å². The maximum Gasteiger partial charge on any atom is 0.183 e. The molecule has 1 aromatic rings. The van der Waals surface area contributed by atoms with Crippen LogP contribution in [0.1, 0.15) is 34.6 Å². The highest BCUT2D eigenvalue weighted by Crippen LogP contribution is 2.32. The van der Waals surface area contributed by atoms with E-state index in [4.69, 9.17) is 5.73 Å². The quantitative estimate of drug-likeness (QED) is 0.618. The van der Waals surface area contributed by atoms with Gasteiger partial charge in [-0.25, -0.2) is 0 Å². The Morgan fingerprint density at radius 2 is 1.88 bits per heavy atom. The molecule has 1 aliphatic carbocycles. The molecule has 2 N–H and O–H groups in total. The minimum atomic E-state index is -1.19. The maximum atomic E-state index is 12.1. The fourth-order valence-corrected chi connectivity index (χ4v) is 2.06. The smallest absolute Gasteiger partial charge is 0.183 e. The zero-order valence-electron chi connectivity index (χ0n) is 9.69. The van der Waals surface area contributed by atoms with Crippen molar-refractivity contribution < 1.29 is 14.4 Å². The Balaban J connectivity index is 2.54. The van der Waals surface area contributed by atoms with Crippen LogP contribution in [-0.4, -0.2) is 17.3 Å². The molecule has 2 rings (SSSR count). The van der Waals surface area contributed by atoms with Gasteiger partial charge in [0.05, 0.1) is 5.56 Å². The zero-order chi connectivity index (χ0) is 12.7. The van der Waals surface area contributed by atoms with Gasteiger partial charge in [0, 0.05) is 17.2 Å². The second kappa shape index (κ2) is 3.80. The third-order valence-electron chi connectivity index (χ3n) is 2.99. The Labute approximate surface area is 98.8 Å². The summed E-state index contributed by atoms with van der Waals surface area (Å²) in [5.74, 6) is -2.74. The maximum absolute atomic E-state index is 12.1. The summed E-state index contributed by atoms with van der Waals surface area (Å²) >= 11 is 0. The van der Waals surface area contributed by atoms with Crippen LogP contribution in [-0.2, 0) is 4.79 Å². The fraction of sp³-hybridized carbons (Fsp3) is 0.308. The van der Waals surface area contributed by atoms with Crippen molar-refractivity contribution >= 4 is 23.0 Å². The number of carbonyl (C=O) groups excluding carboxylic acids is 3. The molecule has 0 bridgehead atoms. The number of hydrogen-bond donors (Lipinski definition) is 1. The molecule has 1 aromatic carbocycles. The SMILES string of the molecule is CC(C)C(=O)C1C(=O)c2cccc(N)c2C1=O. The zero-order valence-corrected chi connectivity index (χ0v) is 9.69. The van der Waals surface area contributed by atoms with Gasteiger partial charge in [-0.05, 0) is 6.07 Å². The molecule has 4 heteroatoms. The summed E-state index contributed by atoms with van der Waals surface area (Å²) in [6, 6.07) is 4.72. The molecule has 1 atom stereocenters. The van der Waals surface area contributed by atoms with Crippen molar-refractivity contribution in [1.82, 2.24) is 0 Å². The van der Waals surface area contributed by atoms with E-state index in [1.807, 2.05) is 0 Å². The van der Waals surface area contributed by atoms with Gasteiger partial charge in [-0.1, -0.05) is 26.0 Å². The highest BCUT2D eigenvalue weighted by atomic mass is 16.2. The van der Waals surface area contributed by atoms with Crippen LogP contribution >= 0.6 is 0 Å². The highest BCUT2D eigenvalue weighted by Gasteiger charge is 2.44. The molecule has 0 spiro atoms. The number of hydrogen-bond acceptors (Lipinski definition) is 4. The summed E-state index contributed by atoms with van der Waals surface area (Å²) in [6.45, 7) is 3.35. The molecule has 0 radical (unpaired) electrons. The number of nitrogens with two attached hydrogens (primary N) is 1. The van der Waals surface area contributed by atoms with E-state index in [0.29, 0.717) is 0 Å². The van der Waals surface area contributed by atoms with Crippen LogP contribution in [0.25, 0.3) is 0 Å². The minimum Gasteiger partial charge on any atom is -0.398 e. The largest absolute Gasteiger partial charge is 0.398 e. The molecule has 1 unspecified atom stereocenters. The Hall–Kier alpha value is -1.97. The number of rotatable bonds is 2. The topological polar surface area (TPSA) is 77.2 Å². The molecule has 88 valence electrons. The summed E-state index contributed by atoms with van der Waals surface area (Å²) in [6.07, 6.45) is 0. The van der Waals surface area contributed by atoms with Gasteiger partial charge in [0.2, 0.25) is 0 Å². The molecule has 0 amide bonds. The molecule has 0 aliphatic heterocycles. The molecular weight excluding hydrogens is 218 g/mol. The van der Waals surface area contributed by atoms with Crippen molar-refractivity contribution in [3.63, 3.8) is 0 Å². The van der Waals surface area contributed by atoms with E-state index in [-0.39, 0.29) is 28.5 Å². The van der Waals surface area contributed by atoms with Crippen molar-refractivity contribution in [3.05, 3.63) is 29.3 Å². The first kappa shape index (κ1) is 11.5. The van der Waals surface area contributed by atoms with Gasteiger partial charge in [0.15, 0.2) is 17.3 Å². The molecule has 0 saturated heterocycles. The second-order valence-corrected chi connectivity index (χ2v) is 4.49. The number of benzene rings is 1. The van der Waals surface area contributed by atoms with Crippen LogP contribution in [0.15, 0.2) is 18.2 Å². The van der Waals surface area contributed by atoms with Crippen molar-refractivity contribution in [2.45, 2.75) is 13.8 Å².